The van der Waals surface area contributed by atoms with Crippen molar-refractivity contribution in [3.05, 3.63) is 0 Å². The normalized spacial score (nSPS) is 12.0. The second kappa shape index (κ2) is 12.4. The van der Waals surface area contributed by atoms with Crippen LogP contribution in [0.5, 0.6) is 0 Å². The fourth-order valence-electron chi connectivity index (χ4n) is 2.41. The molecule has 0 unspecified atom stereocenters. The van der Waals surface area contributed by atoms with Crippen molar-refractivity contribution < 1.29 is 5.11 Å². The van der Waals surface area contributed by atoms with Crippen LogP contribution in [0.4, 0.5) is 0 Å². The lowest BCUT2D eigenvalue weighted by Gasteiger charge is -2.16. The van der Waals surface area contributed by atoms with Gasteiger partial charge in [-0.1, -0.05) is 58.3 Å². The molecule has 1 nitrogen and oxygen atoms in total. The Hall–Kier alpha value is 0.390. The molecule has 0 saturated heterocycles. The highest BCUT2D eigenvalue weighted by Crippen LogP contribution is 2.51. The topological polar surface area (TPSA) is 20.2 Å². The highest BCUT2D eigenvalue weighted by atomic mass is 31.2. The predicted octanol–water partition coefficient (Wildman–Crippen LogP) is 5.18. The molecule has 0 rings (SSSR count). The van der Waals surface area contributed by atoms with Crippen LogP contribution < -0.4 is 0 Å². The maximum absolute atomic E-state index is 8.99. The molecule has 1 N–H and O–H groups in total. The van der Waals surface area contributed by atoms with Crippen LogP contribution in [0.25, 0.3) is 0 Å². The van der Waals surface area contributed by atoms with E-state index in [4.69, 9.17) is 5.11 Å². The van der Waals surface area contributed by atoms with Gasteiger partial charge in [0.25, 0.3) is 0 Å². The maximum Gasteiger partial charge on any atom is 0.0820 e. The summed E-state index contributed by atoms with van der Waals surface area (Å²) in [6.45, 7) is 7.44. The summed E-state index contributed by atoms with van der Waals surface area (Å²) >= 11 is 0. The quantitative estimate of drug-likeness (QED) is 0.363. The summed E-state index contributed by atoms with van der Waals surface area (Å²) in [6, 6.07) is 0. The molecule has 0 fully saturated rings. The van der Waals surface area contributed by atoms with Crippen molar-refractivity contribution in [2.24, 2.45) is 0 Å². The molecule has 0 aromatic rings. The third-order valence-electron chi connectivity index (χ3n) is 3.82. The van der Waals surface area contributed by atoms with E-state index in [1.165, 1.54) is 70.4 Å². The van der Waals surface area contributed by atoms with Gasteiger partial charge in [-0.2, -0.15) is 0 Å². The first-order valence-electron chi connectivity index (χ1n) is 8.05. The summed E-state index contributed by atoms with van der Waals surface area (Å²) < 4.78 is 0. The van der Waals surface area contributed by atoms with E-state index in [0.717, 1.165) is 6.16 Å². The number of aliphatic hydroxyl groups excluding tert-OH is 1. The highest BCUT2D eigenvalue weighted by molar-refractivity contribution is 7.74. The van der Waals surface area contributed by atoms with Crippen molar-refractivity contribution >= 4 is 7.26 Å². The molecule has 0 aromatic heterocycles. The Morgan fingerprint density at radius 2 is 1.11 bits per heavy atom. The Morgan fingerprint density at radius 1 is 0.667 bits per heavy atom. The summed E-state index contributed by atoms with van der Waals surface area (Å²) in [6.07, 6.45) is 16.6. The van der Waals surface area contributed by atoms with E-state index in [1.54, 1.807) is 0 Å². The van der Waals surface area contributed by atoms with E-state index in [-0.39, 0.29) is 0 Å². The van der Waals surface area contributed by atoms with Crippen molar-refractivity contribution in [1.82, 2.24) is 0 Å². The molecular weight excluding hydrogens is 239 g/mol. The maximum atomic E-state index is 8.99. The van der Waals surface area contributed by atoms with E-state index in [0.29, 0.717) is 6.61 Å². The molecule has 110 valence electrons. The lowest BCUT2D eigenvalue weighted by molar-refractivity contribution is 0.321. The third-order valence-corrected chi connectivity index (χ3v) is 6.76. The Balaban J connectivity index is 3.16. The van der Waals surface area contributed by atoms with Crippen LogP contribution >= 0.6 is 7.26 Å². The van der Waals surface area contributed by atoms with Crippen LogP contribution in [0, 0.1) is 0 Å². The van der Waals surface area contributed by atoms with Crippen LogP contribution in [-0.2, 0) is 0 Å². The van der Waals surface area contributed by atoms with Gasteiger partial charge in [0.1, 0.15) is 0 Å². The summed E-state index contributed by atoms with van der Waals surface area (Å²) in [7, 11) is -0.767. The predicted molar refractivity (Wildman–Crippen MR) is 87.4 cm³/mol. The lowest BCUT2D eigenvalue weighted by atomic mass is 10.1. The molecule has 18 heavy (non-hydrogen) atoms. The minimum Gasteiger partial charge on any atom is -0.393 e. The Bertz CT molecular complexity index is 168. The first-order chi connectivity index (χ1) is 8.62. The molecule has 0 saturated carbocycles. The Kier molecular flexibility index (Phi) is 12.7. The third kappa shape index (κ3) is 12.8. The Morgan fingerprint density at radius 3 is 1.56 bits per heavy atom. The number of hydrogen-bond acceptors (Lipinski definition) is 1. The standard InChI is InChI=1S/C16H36OP/c1-4-5-6-7-8-9-10-11-12-13-15-18(2,3)16-14-17/h17H,4-16H2,1-3H3/q+1. The second-order valence-electron chi connectivity index (χ2n) is 6.29. The van der Waals surface area contributed by atoms with Crippen molar-refractivity contribution in [3.63, 3.8) is 0 Å². The van der Waals surface area contributed by atoms with E-state index in [1.807, 2.05) is 0 Å². The first-order valence-corrected chi connectivity index (χ1v) is 11.1. The molecule has 0 aromatic carbocycles. The fraction of sp³-hybridized carbons (Fsp3) is 1.00. The van der Waals surface area contributed by atoms with Crippen molar-refractivity contribution in [1.29, 1.82) is 0 Å². The van der Waals surface area contributed by atoms with E-state index < -0.39 is 7.26 Å². The van der Waals surface area contributed by atoms with E-state index in [9.17, 15) is 0 Å². The monoisotopic (exact) mass is 275 g/mol. The van der Waals surface area contributed by atoms with Gasteiger partial charge < -0.3 is 5.11 Å². The summed E-state index contributed by atoms with van der Waals surface area (Å²) in [5.74, 6) is 0. The van der Waals surface area contributed by atoms with Crippen LogP contribution in [0.15, 0.2) is 0 Å². The van der Waals surface area contributed by atoms with Crippen LogP contribution in [0.2, 0.25) is 0 Å². The van der Waals surface area contributed by atoms with Gasteiger partial charge in [0, 0.05) is 20.6 Å². The zero-order valence-corrected chi connectivity index (χ0v) is 14.0. The number of hydrogen-bond donors (Lipinski definition) is 1. The number of aliphatic hydroxyl groups is 1. The SMILES string of the molecule is CCCCCCCCCCCC[P+](C)(C)CCO. The summed E-state index contributed by atoms with van der Waals surface area (Å²) in [5.41, 5.74) is 0. The molecule has 0 aliphatic carbocycles. The van der Waals surface area contributed by atoms with Gasteiger partial charge in [-0.25, -0.2) is 0 Å². The largest absolute Gasteiger partial charge is 0.393 e. The van der Waals surface area contributed by atoms with Crippen LogP contribution in [0.3, 0.4) is 0 Å². The zero-order valence-electron chi connectivity index (χ0n) is 13.1. The molecule has 0 heterocycles. The van der Waals surface area contributed by atoms with Gasteiger partial charge in [-0.15, -0.1) is 0 Å². The van der Waals surface area contributed by atoms with Crippen molar-refractivity contribution in [2.75, 3.05) is 32.3 Å². The second-order valence-corrected chi connectivity index (χ2v) is 11.1. The average molecular weight is 275 g/mol. The van der Waals surface area contributed by atoms with Gasteiger partial charge in [0.2, 0.25) is 0 Å². The van der Waals surface area contributed by atoms with Gasteiger partial charge in [-0.05, 0) is 12.8 Å². The average Bonchev–Trinajstić information content (AvgIpc) is 2.31. The molecule has 0 aliphatic rings. The van der Waals surface area contributed by atoms with E-state index in [2.05, 4.69) is 20.3 Å². The molecule has 0 amide bonds. The molecule has 0 aliphatic heterocycles. The minimum atomic E-state index is -0.767. The molecule has 0 atom stereocenters. The van der Waals surface area contributed by atoms with Gasteiger partial charge in [-0.3, -0.25) is 0 Å². The highest BCUT2D eigenvalue weighted by Gasteiger charge is 2.22. The smallest absolute Gasteiger partial charge is 0.0820 e. The minimum absolute atomic E-state index is 0.387. The number of unbranched alkanes of at least 4 members (excludes halogenated alkanes) is 9. The molecule has 0 radical (unpaired) electrons. The fourth-order valence-corrected chi connectivity index (χ4v) is 4.25. The van der Waals surface area contributed by atoms with Gasteiger partial charge >= 0.3 is 0 Å². The molecule has 2 heteroatoms. The number of rotatable bonds is 13. The molecular formula is C16H36OP+. The van der Waals surface area contributed by atoms with Gasteiger partial charge in [0.05, 0.1) is 18.9 Å². The zero-order chi connectivity index (χ0) is 13.7. The molecule has 0 spiro atoms. The van der Waals surface area contributed by atoms with Gasteiger partial charge in [0.15, 0.2) is 0 Å². The van der Waals surface area contributed by atoms with Crippen molar-refractivity contribution in [3.8, 4) is 0 Å². The summed E-state index contributed by atoms with van der Waals surface area (Å²) in [4.78, 5) is 0. The first kappa shape index (κ1) is 18.4. The summed E-state index contributed by atoms with van der Waals surface area (Å²) in [5, 5.41) is 8.99. The van der Waals surface area contributed by atoms with Crippen LogP contribution in [0.1, 0.15) is 71.1 Å². The van der Waals surface area contributed by atoms with E-state index >= 15 is 0 Å². The Labute approximate surface area is 116 Å². The molecule has 0 bridgehead atoms. The lowest BCUT2D eigenvalue weighted by Crippen LogP contribution is -2.04. The van der Waals surface area contributed by atoms with Crippen molar-refractivity contribution in [2.45, 2.75) is 71.1 Å². The van der Waals surface area contributed by atoms with Crippen LogP contribution in [-0.4, -0.2) is 37.4 Å².